The average molecular weight is 289 g/mol. The van der Waals surface area contributed by atoms with Crippen LogP contribution in [0.4, 0.5) is 0 Å². The summed E-state index contributed by atoms with van der Waals surface area (Å²) in [5.74, 6) is 2.83. The molecule has 2 N–H and O–H groups in total. The first-order valence-electron chi connectivity index (χ1n) is 8.80. The van der Waals surface area contributed by atoms with Gasteiger partial charge in [-0.15, -0.1) is 0 Å². The number of H-pyrrole nitrogens is 1. The van der Waals surface area contributed by atoms with Crippen LogP contribution in [0.2, 0.25) is 0 Å². The van der Waals surface area contributed by atoms with E-state index >= 15 is 0 Å². The van der Waals surface area contributed by atoms with Crippen LogP contribution in [0.5, 0.6) is 0 Å². The fraction of sp³-hybridized carbons (Fsp3) is 0.875. The molecule has 3 aliphatic rings. The fourth-order valence-electron chi connectivity index (χ4n) is 4.46. The molecule has 3 fully saturated rings. The summed E-state index contributed by atoms with van der Waals surface area (Å²) in [4.78, 5) is 7.59. The van der Waals surface area contributed by atoms with E-state index in [-0.39, 0.29) is 0 Å². The molecule has 3 heterocycles. The summed E-state index contributed by atoms with van der Waals surface area (Å²) in [5.41, 5.74) is 0. The minimum atomic E-state index is 0.482. The van der Waals surface area contributed by atoms with Gasteiger partial charge < -0.3 is 5.32 Å². The van der Waals surface area contributed by atoms with E-state index in [1.165, 1.54) is 57.9 Å². The van der Waals surface area contributed by atoms with Crippen LogP contribution < -0.4 is 5.32 Å². The van der Waals surface area contributed by atoms with Crippen molar-refractivity contribution in [3.63, 3.8) is 0 Å². The van der Waals surface area contributed by atoms with E-state index < -0.39 is 0 Å². The first-order chi connectivity index (χ1) is 10.4. The number of aromatic amines is 1. The second kappa shape index (κ2) is 6.05. The van der Waals surface area contributed by atoms with Gasteiger partial charge in [-0.3, -0.25) is 10.00 Å². The van der Waals surface area contributed by atoms with E-state index in [0.717, 1.165) is 30.8 Å². The van der Waals surface area contributed by atoms with Crippen LogP contribution >= 0.6 is 0 Å². The van der Waals surface area contributed by atoms with Crippen molar-refractivity contribution in [1.29, 1.82) is 0 Å². The van der Waals surface area contributed by atoms with Crippen LogP contribution in [-0.4, -0.2) is 45.8 Å². The number of likely N-dealkylation sites (tertiary alicyclic amines) is 1. The molecule has 1 atom stereocenters. The number of rotatable bonds is 3. The Morgan fingerprint density at radius 1 is 0.952 bits per heavy atom. The molecule has 116 valence electrons. The minimum absolute atomic E-state index is 0.482. The van der Waals surface area contributed by atoms with Gasteiger partial charge >= 0.3 is 0 Å². The number of piperidine rings is 1. The zero-order valence-corrected chi connectivity index (χ0v) is 12.9. The lowest BCUT2D eigenvalue weighted by Gasteiger charge is -2.34. The Balaban J connectivity index is 1.48. The Morgan fingerprint density at radius 3 is 2.57 bits per heavy atom. The molecule has 4 rings (SSSR count). The van der Waals surface area contributed by atoms with E-state index in [2.05, 4.69) is 20.4 Å². The van der Waals surface area contributed by atoms with Crippen LogP contribution in [0.3, 0.4) is 0 Å². The van der Waals surface area contributed by atoms with Gasteiger partial charge in [0.05, 0.1) is 6.04 Å². The molecule has 21 heavy (non-hydrogen) atoms. The number of hydrogen-bond donors (Lipinski definition) is 2. The number of aromatic nitrogens is 3. The zero-order valence-electron chi connectivity index (χ0n) is 12.9. The smallest absolute Gasteiger partial charge is 0.153 e. The summed E-state index contributed by atoms with van der Waals surface area (Å²) in [6.07, 6.45) is 10.3. The molecule has 2 saturated heterocycles. The highest BCUT2D eigenvalue weighted by Gasteiger charge is 2.34. The lowest BCUT2D eigenvalue weighted by molar-refractivity contribution is 0.143. The Labute approximate surface area is 126 Å². The van der Waals surface area contributed by atoms with E-state index in [1.54, 1.807) is 0 Å². The maximum atomic E-state index is 4.90. The second-order valence-electron chi connectivity index (χ2n) is 6.94. The lowest BCUT2D eigenvalue weighted by atomic mass is 10.0. The molecule has 0 amide bonds. The molecule has 0 aromatic carbocycles. The summed E-state index contributed by atoms with van der Waals surface area (Å²) < 4.78 is 0. The molecule has 5 nitrogen and oxygen atoms in total. The third-order valence-electron chi connectivity index (χ3n) is 5.63. The van der Waals surface area contributed by atoms with Crippen molar-refractivity contribution in [3.05, 3.63) is 11.6 Å². The van der Waals surface area contributed by atoms with Gasteiger partial charge in [-0.1, -0.05) is 12.8 Å². The van der Waals surface area contributed by atoms with Gasteiger partial charge in [0.1, 0.15) is 5.82 Å². The highest BCUT2D eigenvalue weighted by molar-refractivity contribution is 5.05. The van der Waals surface area contributed by atoms with Crippen molar-refractivity contribution >= 4 is 0 Å². The number of nitrogens with one attached hydrogen (secondary N) is 2. The van der Waals surface area contributed by atoms with Crippen LogP contribution in [0.15, 0.2) is 0 Å². The van der Waals surface area contributed by atoms with E-state index in [4.69, 9.17) is 4.98 Å². The highest BCUT2D eigenvalue weighted by Crippen LogP contribution is 2.36. The normalized spacial score (nSPS) is 29.4. The van der Waals surface area contributed by atoms with Crippen molar-refractivity contribution in [3.8, 4) is 0 Å². The second-order valence-corrected chi connectivity index (χ2v) is 6.94. The van der Waals surface area contributed by atoms with E-state index in [9.17, 15) is 0 Å². The van der Waals surface area contributed by atoms with Gasteiger partial charge in [0, 0.05) is 12.0 Å². The molecular formula is C16H27N5. The molecule has 1 unspecified atom stereocenters. The molecule has 1 aromatic heterocycles. The molecule has 5 heteroatoms. The molecule has 0 spiro atoms. The van der Waals surface area contributed by atoms with Crippen molar-refractivity contribution in [2.24, 2.45) is 0 Å². The molecular weight excluding hydrogens is 262 g/mol. The summed E-state index contributed by atoms with van der Waals surface area (Å²) in [5, 5.41) is 11.3. The van der Waals surface area contributed by atoms with Gasteiger partial charge in [0.15, 0.2) is 5.82 Å². The molecule has 2 aliphatic heterocycles. The Kier molecular flexibility index (Phi) is 3.95. The fourth-order valence-corrected chi connectivity index (χ4v) is 4.46. The van der Waals surface area contributed by atoms with Crippen molar-refractivity contribution in [1.82, 2.24) is 25.4 Å². The van der Waals surface area contributed by atoms with Crippen molar-refractivity contribution in [2.75, 3.05) is 19.6 Å². The molecule has 1 aliphatic carbocycles. The predicted octanol–water partition coefficient (Wildman–Crippen LogP) is 2.35. The van der Waals surface area contributed by atoms with Crippen molar-refractivity contribution < 1.29 is 0 Å². The first-order valence-corrected chi connectivity index (χ1v) is 8.80. The molecule has 1 aromatic rings. The maximum Gasteiger partial charge on any atom is 0.153 e. The largest absolute Gasteiger partial charge is 0.317 e. The Morgan fingerprint density at radius 2 is 1.76 bits per heavy atom. The summed E-state index contributed by atoms with van der Waals surface area (Å²) in [7, 11) is 0. The number of hydrogen-bond acceptors (Lipinski definition) is 4. The Bertz CT molecular complexity index is 459. The molecule has 1 saturated carbocycles. The zero-order chi connectivity index (χ0) is 14.1. The predicted molar refractivity (Wildman–Crippen MR) is 82.2 cm³/mol. The average Bonchev–Trinajstić information content (AvgIpc) is 3.27. The standard InChI is InChI=1S/C16H27N5/c1-2-5-12(4-1)15-18-16(20-19-15)14-6-3-11-21(14)13-7-9-17-10-8-13/h12-14,17H,1-11H2,(H,18,19,20). The molecule has 0 radical (unpaired) electrons. The lowest BCUT2D eigenvalue weighted by Crippen LogP contribution is -2.42. The molecule has 0 bridgehead atoms. The van der Waals surface area contributed by atoms with Gasteiger partial charge in [-0.25, -0.2) is 4.98 Å². The SMILES string of the molecule is C1CCC(c2n[nH]c(C3CCCN3C3CCNCC3)n2)C1. The number of nitrogens with zero attached hydrogens (tertiary/aromatic N) is 3. The summed E-state index contributed by atoms with van der Waals surface area (Å²) >= 11 is 0. The summed E-state index contributed by atoms with van der Waals surface area (Å²) in [6.45, 7) is 3.56. The van der Waals surface area contributed by atoms with Crippen LogP contribution in [0.25, 0.3) is 0 Å². The minimum Gasteiger partial charge on any atom is -0.317 e. The summed E-state index contributed by atoms with van der Waals surface area (Å²) in [6, 6.07) is 1.22. The van der Waals surface area contributed by atoms with Gasteiger partial charge in [0.2, 0.25) is 0 Å². The van der Waals surface area contributed by atoms with Gasteiger partial charge in [0.25, 0.3) is 0 Å². The quantitative estimate of drug-likeness (QED) is 0.897. The Hall–Kier alpha value is -0.940. The topological polar surface area (TPSA) is 56.8 Å². The van der Waals surface area contributed by atoms with E-state index in [1.807, 2.05) is 0 Å². The van der Waals surface area contributed by atoms with Crippen LogP contribution in [0, 0.1) is 0 Å². The third-order valence-corrected chi connectivity index (χ3v) is 5.63. The van der Waals surface area contributed by atoms with Gasteiger partial charge in [-0.05, 0) is 58.2 Å². The highest BCUT2D eigenvalue weighted by atomic mass is 15.3. The van der Waals surface area contributed by atoms with E-state index in [0.29, 0.717) is 12.0 Å². The first kappa shape index (κ1) is 13.7. The third kappa shape index (κ3) is 2.73. The van der Waals surface area contributed by atoms with Crippen LogP contribution in [-0.2, 0) is 0 Å². The maximum absolute atomic E-state index is 4.90. The monoisotopic (exact) mass is 289 g/mol. The van der Waals surface area contributed by atoms with Crippen LogP contribution in [0.1, 0.15) is 75.0 Å². The van der Waals surface area contributed by atoms with Crippen molar-refractivity contribution in [2.45, 2.75) is 69.4 Å². The van der Waals surface area contributed by atoms with Gasteiger partial charge in [-0.2, -0.15) is 5.10 Å².